The van der Waals surface area contributed by atoms with Crippen LogP contribution in [-0.4, -0.2) is 76.4 Å². The topological polar surface area (TPSA) is 145 Å². The van der Waals surface area contributed by atoms with Gasteiger partial charge in [0.15, 0.2) is 5.82 Å². The van der Waals surface area contributed by atoms with Gasteiger partial charge < -0.3 is 20.7 Å². The van der Waals surface area contributed by atoms with Crippen molar-refractivity contribution < 1.29 is 19.1 Å². The highest BCUT2D eigenvalue weighted by atomic mass is 35.5. The summed E-state index contributed by atoms with van der Waals surface area (Å²) < 4.78 is 6.87. The van der Waals surface area contributed by atoms with Crippen molar-refractivity contribution in [1.82, 2.24) is 25.0 Å². The molecule has 0 radical (unpaired) electrons. The Morgan fingerprint density at radius 3 is 2.50 bits per heavy atom. The summed E-state index contributed by atoms with van der Waals surface area (Å²) in [6.45, 7) is 7.32. The number of amides is 2. The SMILES string of the molecule is COC(=O)c1ccc(C#CCNC(=O)C2CCN(C(=O)C[C@@H]3N=C(c4ccc(Cl)cc4)c4c(sc(C)c4C)-n4c(C)nnc43)CC2)cc1C#CCN. The fraction of sp³-hybridized carbons (Fsp3) is 0.333. The summed E-state index contributed by atoms with van der Waals surface area (Å²) in [5.41, 5.74) is 10.8. The molecule has 4 aromatic rings. The molecule has 0 spiro atoms. The van der Waals surface area contributed by atoms with Crippen LogP contribution in [0.2, 0.25) is 5.02 Å². The highest BCUT2D eigenvalue weighted by Gasteiger charge is 2.34. The molecule has 1 atom stereocenters. The van der Waals surface area contributed by atoms with Gasteiger partial charge in [0.05, 0.1) is 37.9 Å². The molecule has 2 aliphatic rings. The number of hydrogen-bond acceptors (Lipinski definition) is 9. The smallest absolute Gasteiger partial charge is 0.339 e. The van der Waals surface area contributed by atoms with Gasteiger partial charge in [-0.2, -0.15) is 0 Å². The average molecular weight is 736 g/mol. The lowest BCUT2D eigenvalue weighted by Gasteiger charge is -2.31. The maximum absolute atomic E-state index is 13.8. The minimum Gasteiger partial charge on any atom is -0.465 e. The number of halogens is 1. The van der Waals surface area contributed by atoms with E-state index in [0.29, 0.717) is 53.5 Å². The lowest BCUT2D eigenvalue weighted by molar-refractivity contribution is -0.135. The summed E-state index contributed by atoms with van der Waals surface area (Å²) >= 11 is 7.90. The molecule has 4 heterocycles. The normalized spacial score (nSPS) is 15.2. The number of carbonyl (C=O) groups is 3. The quantitative estimate of drug-likeness (QED) is 0.216. The standard InChI is InChI=1S/C39H38ClN7O4S/c1-23-24(2)52-38-34(23)35(27-10-12-30(40)13-11-27)43-32(36-45-44-25(3)47(36)38)22-33(48)46-19-15-28(16-20-46)37(49)42-18-6-7-26-9-14-31(39(50)51-4)29(21-26)8-5-17-41/h9-14,21,28,32H,15-20,22,41H2,1-4H3,(H,42,49)/t32-/m0/s1. The number of nitrogens with one attached hydrogen (secondary N) is 1. The van der Waals surface area contributed by atoms with Gasteiger partial charge in [0.2, 0.25) is 11.8 Å². The number of carbonyl (C=O) groups excluding carboxylic acids is 3. The Morgan fingerprint density at radius 2 is 1.79 bits per heavy atom. The van der Waals surface area contributed by atoms with Crippen LogP contribution in [0.3, 0.4) is 0 Å². The number of benzene rings is 2. The van der Waals surface area contributed by atoms with E-state index in [9.17, 15) is 14.4 Å². The highest BCUT2D eigenvalue weighted by molar-refractivity contribution is 7.15. The molecule has 0 bridgehead atoms. The number of piperidine rings is 1. The zero-order valence-electron chi connectivity index (χ0n) is 29.4. The molecule has 6 rings (SSSR count). The number of aromatic nitrogens is 3. The second-order valence-corrected chi connectivity index (χ2v) is 14.2. The van der Waals surface area contributed by atoms with Crippen LogP contribution in [-0.2, 0) is 14.3 Å². The summed E-state index contributed by atoms with van der Waals surface area (Å²) in [5.74, 6) is 12.1. The lowest BCUT2D eigenvalue weighted by atomic mass is 9.95. The Morgan fingerprint density at radius 1 is 1.04 bits per heavy atom. The zero-order valence-corrected chi connectivity index (χ0v) is 31.0. The van der Waals surface area contributed by atoms with E-state index in [2.05, 4.69) is 53.0 Å². The van der Waals surface area contributed by atoms with E-state index in [1.54, 1.807) is 29.5 Å². The van der Waals surface area contributed by atoms with Gasteiger partial charge in [-0.15, -0.1) is 21.5 Å². The molecule has 3 N–H and O–H groups in total. The summed E-state index contributed by atoms with van der Waals surface area (Å²) in [7, 11) is 1.31. The van der Waals surface area contributed by atoms with E-state index in [-0.39, 0.29) is 37.2 Å². The number of fused-ring (bicyclic) bond motifs is 3. The van der Waals surface area contributed by atoms with Gasteiger partial charge in [-0.25, -0.2) is 4.79 Å². The van der Waals surface area contributed by atoms with Gasteiger partial charge in [0.25, 0.3) is 0 Å². The molecule has 0 unspecified atom stereocenters. The Balaban J connectivity index is 1.10. The largest absolute Gasteiger partial charge is 0.465 e. The Hall–Kier alpha value is -5.27. The van der Waals surface area contributed by atoms with Crippen LogP contribution in [0.25, 0.3) is 5.00 Å². The van der Waals surface area contributed by atoms with E-state index in [0.717, 1.165) is 33.2 Å². The molecule has 266 valence electrons. The van der Waals surface area contributed by atoms with Crippen LogP contribution < -0.4 is 11.1 Å². The second-order valence-electron chi connectivity index (χ2n) is 12.5. The maximum atomic E-state index is 13.8. The number of esters is 1. The van der Waals surface area contributed by atoms with Crippen LogP contribution in [0, 0.1) is 50.4 Å². The van der Waals surface area contributed by atoms with Gasteiger partial charge in [0, 0.05) is 51.2 Å². The zero-order chi connectivity index (χ0) is 36.9. The number of thiophene rings is 1. The van der Waals surface area contributed by atoms with Crippen LogP contribution in [0.5, 0.6) is 0 Å². The summed E-state index contributed by atoms with van der Waals surface area (Å²) in [6.07, 6.45) is 1.20. The van der Waals surface area contributed by atoms with Crippen LogP contribution in [0.4, 0.5) is 0 Å². The molecule has 1 fully saturated rings. The Labute approximate surface area is 311 Å². The molecule has 13 heteroatoms. The number of aryl methyl sites for hydroxylation is 2. The first-order valence-corrected chi connectivity index (χ1v) is 18.1. The molecule has 11 nitrogen and oxygen atoms in total. The van der Waals surface area contributed by atoms with Crippen LogP contribution in [0.1, 0.15) is 80.0 Å². The van der Waals surface area contributed by atoms with Gasteiger partial charge in [0.1, 0.15) is 16.9 Å². The molecule has 0 aliphatic carbocycles. The monoisotopic (exact) mass is 735 g/mol. The van der Waals surface area contributed by atoms with Crippen molar-refractivity contribution in [2.24, 2.45) is 16.6 Å². The van der Waals surface area contributed by atoms with E-state index in [4.69, 9.17) is 27.1 Å². The minimum atomic E-state index is -0.557. The Kier molecular flexibility index (Phi) is 11.2. The van der Waals surface area contributed by atoms with Gasteiger partial charge >= 0.3 is 5.97 Å². The summed E-state index contributed by atoms with van der Waals surface area (Å²) in [5, 5.41) is 13.4. The molecular formula is C39H38ClN7O4S. The number of hydrogen-bond donors (Lipinski definition) is 2. The van der Waals surface area contributed by atoms with Crippen molar-refractivity contribution in [2.45, 2.75) is 46.1 Å². The maximum Gasteiger partial charge on any atom is 0.339 e. The molecule has 2 aromatic carbocycles. The summed E-state index contributed by atoms with van der Waals surface area (Å²) in [6, 6.07) is 12.1. The number of nitrogens with zero attached hydrogens (tertiary/aromatic N) is 5. The third-order valence-electron chi connectivity index (χ3n) is 9.28. The van der Waals surface area contributed by atoms with Gasteiger partial charge in [-0.3, -0.25) is 19.1 Å². The predicted octanol–water partition coefficient (Wildman–Crippen LogP) is 4.69. The van der Waals surface area contributed by atoms with E-state index in [1.807, 2.05) is 40.7 Å². The fourth-order valence-corrected chi connectivity index (χ4v) is 7.74. The van der Waals surface area contributed by atoms with Crippen molar-refractivity contribution in [1.29, 1.82) is 0 Å². The van der Waals surface area contributed by atoms with Gasteiger partial charge in [-0.05, 0) is 69.5 Å². The van der Waals surface area contributed by atoms with E-state index < -0.39 is 12.0 Å². The highest BCUT2D eigenvalue weighted by Crippen LogP contribution is 2.40. The predicted molar refractivity (Wildman–Crippen MR) is 201 cm³/mol. The second kappa shape index (κ2) is 16.0. The van der Waals surface area contributed by atoms with E-state index >= 15 is 0 Å². The third kappa shape index (κ3) is 7.65. The van der Waals surface area contributed by atoms with Crippen LogP contribution >= 0.6 is 22.9 Å². The number of rotatable bonds is 6. The number of likely N-dealkylation sites (tertiary alicyclic amines) is 1. The fourth-order valence-electron chi connectivity index (χ4n) is 6.40. The molecule has 2 aromatic heterocycles. The average Bonchev–Trinajstić information content (AvgIpc) is 3.63. The van der Waals surface area contributed by atoms with Crippen molar-refractivity contribution >= 4 is 46.4 Å². The number of aliphatic imine (C=N–C) groups is 1. The Bertz CT molecular complexity index is 2190. The molecular weight excluding hydrogens is 698 g/mol. The molecule has 1 saturated heterocycles. The number of nitrogens with two attached hydrogens (primary N) is 1. The first kappa shape index (κ1) is 36.5. The molecule has 2 amide bonds. The molecule has 52 heavy (non-hydrogen) atoms. The van der Waals surface area contributed by atoms with Gasteiger partial charge in [-0.1, -0.05) is 47.4 Å². The van der Waals surface area contributed by atoms with Crippen molar-refractivity contribution in [2.75, 3.05) is 33.3 Å². The summed E-state index contributed by atoms with van der Waals surface area (Å²) in [4.78, 5) is 47.1. The lowest BCUT2D eigenvalue weighted by Crippen LogP contribution is -2.43. The number of ether oxygens (including phenoxy) is 1. The first-order chi connectivity index (χ1) is 25.1. The van der Waals surface area contributed by atoms with Crippen molar-refractivity contribution in [3.05, 3.63) is 97.4 Å². The third-order valence-corrected chi connectivity index (χ3v) is 10.7. The molecule has 2 aliphatic heterocycles. The van der Waals surface area contributed by atoms with Crippen molar-refractivity contribution in [3.8, 4) is 28.7 Å². The number of methoxy groups -OCH3 is 1. The van der Waals surface area contributed by atoms with E-state index in [1.165, 1.54) is 12.0 Å². The molecule has 0 saturated carbocycles. The van der Waals surface area contributed by atoms with Crippen LogP contribution in [0.15, 0.2) is 47.5 Å². The minimum absolute atomic E-state index is 0.0481. The first-order valence-electron chi connectivity index (χ1n) is 16.9. The van der Waals surface area contributed by atoms with Crippen molar-refractivity contribution in [3.63, 3.8) is 0 Å².